The fraction of sp³-hybridized carbons (Fsp3) is 0.200. The molecule has 0 aliphatic carbocycles. The Labute approximate surface area is 126 Å². The monoisotopic (exact) mass is 298 g/mol. The smallest absolute Gasteiger partial charge is 0.247 e. The van der Waals surface area contributed by atoms with Gasteiger partial charge in [-0.2, -0.15) is 0 Å². The molecule has 0 aromatic carbocycles. The van der Waals surface area contributed by atoms with Gasteiger partial charge in [0.1, 0.15) is 5.76 Å². The minimum Gasteiger partial charge on any atom is -0.467 e. The number of hydrogen-bond acceptors (Lipinski definition) is 6. The van der Waals surface area contributed by atoms with Crippen LogP contribution in [0.15, 0.2) is 51.8 Å². The van der Waals surface area contributed by atoms with Crippen molar-refractivity contribution in [2.75, 3.05) is 0 Å². The van der Waals surface area contributed by atoms with E-state index in [-0.39, 0.29) is 12.3 Å². The molecule has 0 aliphatic heterocycles. The Morgan fingerprint density at radius 2 is 2.05 bits per heavy atom. The summed E-state index contributed by atoms with van der Waals surface area (Å²) in [6.07, 6.45) is 5.55. The highest BCUT2D eigenvalue weighted by Crippen LogP contribution is 2.16. The highest BCUT2D eigenvalue weighted by molar-refractivity contribution is 5.75. The third kappa shape index (κ3) is 3.57. The van der Waals surface area contributed by atoms with E-state index in [9.17, 15) is 4.79 Å². The number of aromatic nitrogens is 3. The summed E-state index contributed by atoms with van der Waals surface area (Å²) >= 11 is 0. The SMILES string of the molecule is O=C(CCc1nnc(-c2ccncc2)o1)NCc1ccco1. The molecule has 3 heterocycles. The van der Waals surface area contributed by atoms with Crippen LogP contribution in [0.3, 0.4) is 0 Å². The van der Waals surface area contributed by atoms with E-state index in [2.05, 4.69) is 20.5 Å². The van der Waals surface area contributed by atoms with Crippen LogP contribution in [0.2, 0.25) is 0 Å². The van der Waals surface area contributed by atoms with Crippen molar-refractivity contribution in [3.63, 3.8) is 0 Å². The Morgan fingerprint density at radius 1 is 1.18 bits per heavy atom. The van der Waals surface area contributed by atoms with Gasteiger partial charge in [0, 0.05) is 30.8 Å². The second kappa shape index (κ2) is 6.66. The molecule has 0 saturated heterocycles. The average molecular weight is 298 g/mol. The van der Waals surface area contributed by atoms with Gasteiger partial charge in [-0.1, -0.05) is 0 Å². The Kier molecular flexibility index (Phi) is 4.24. The van der Waals surface area contributed by atoms with E-state index < -0.39 is 0 Å². The molecule has 22 heavy (non-hydrogen) atoms. The zero-order chi connectivity index (χ0) is 15.2. The van der Waals surface area contributed by atoms with Crippen molar-refractivity contribution in [1.82, 2.24) is 20.5 Å². The molecule has 3 aromatic heterocycles. The quantitative estimate of drug-likeness (QED) is 0.747. The summed E-state index contributed by atoms with van der Waals surface area (Å²) in [6, 6.07) is 7.15. The maximum absolute atomic E-state index is 11.7. The normalized spacial score (nSPS) is 10.5. The third-order valence-corrected chi connectivity index (χ3v) is 3.00. The standard InChI is InChI=1S/C15H14N4O3/c20-13(17-10-12-2-1-9-21-12)3-4-14-18-19-15(22-14)11-5-7-16-8-6-11/h1-2,5-9H,3-4,10H2,(H,17,20). The van der Waals surface area contributed by atoms with Gasteiger partial charge in [-0.25, -0.2) is 0 Å². The summed E-state index contributed by atoms with van der Waals surface area (Å²) in [4.78, 5) is 15.7. The molecule has 3 rings (SSSR count). The molecule has 7 nitrogen and oxygen atoms in total. The average Bonchev–Trinajstić information content (AvgIpc) is 3.23. The number of nitrogens with zero attached hydrogens (tertiary/aromatic N) is 3. The summed E-state index contributed by atoms with van der Waals surface area (Å²) < 4.78 is 10.7. The number of rotatable bonds is 6. The molecule has 0 aliphatic rings. The Bertz CT molecular complexity index is 722. The number of carbonyl (C=O) groups excluding carboxylic acids is 1. The predicted molar refractivity (Wildman–Crippen MR) is 76.4 cm³/mol. The van der Waals surface area contributed by atoms with E-state index in [4.69, 9.17) is 8.83 Å². The van der Waals surface area contributed by atoms with Gasteiger partial charge in [-0.15, -0.1) is 10.2 Å². The van der Waals surface area contributed by atoms with Crippen LogP contribution in [0, 0.1) is 0 Å². The molecule has 7 heteroatoms. The zero-order valence-electron chi connectivity index (χ0n) is 11.7. The minimum atomic E-state index is -0.0972. The number of pyridine rings is 1. The first-order valence-corrected chi connectivity index (χ1v) is 6.83. The van der Waals surface area contributed by atoms with Crippen molar-refractivity contribution in [1.29, 1.82) is 0 Å². The fourth-order valence-electron chi connectivity index (χ4n) is 1.87. The second-order valence-corrected chi connectivity index (χ2v) is 4.59. The lowest BCUT2D eigenvalue weighted by atomic mass is 10.3. The van der Waals surface area contributed by atoms with Crippen molar-refractivity contribution >= 4 is 5.91 Å². The van der Waals surface area contributed by atoms with Gasteiger partial charge in [0.2, 0.25) is 17.7 Å². The van der Waals surface area contributed by atoms with Crippen molar-refractivity contribution in [3.8, 4) is 11.5 Å². The summed E-state index contributed by atoms with van der Waals surface area (Å²) in [5.41, 5.74) is 0.802. The van der Waals surface area contributed by atoms with Crippen LogP contribution in [0.25, 0.3) is 11.5 Å². The summed E-state index contributed by atoms with van der Waals surface area (Å²) in [6.45, 7) is 0.373. The van der Waals surface area contributed by atoms with E-state index in [0.717, 1.165) is 5.56 Å². The first-order valence-electron chi connectivity index (χ1n) is 6.83. The number of hydrogen-bond donors (Lipinski definition) is 1. The molecule has 0 atom stereocenters. The van der Waals surface area contributed by atoms with Crippen molar-refractivity contribution in [3.05, 3.63) is 54.6 Å². The predicted octanol–water partition coefficient (Wildman–Crippen LogP) is 1.97. The first-order chi connectivity index (χ1) is 10.8. The molecule has 0 bridgehead atoms. The molecule has 0 unspecified atom stereocenters. The van der Waals surface area contributed by atoms with Crippen LogP contribution in [0.5, 0.6) is 0 Å². The van der Waals surface area contributed by atoms with Crippen LogP contribution in [-0.2, 0) is 17.8 Å². The lowest BCUT2D eigenvalue weighted by Gasteiger charge is -2.01. The van der Waals surface area contributed by atoms with Crippen LogP contribution in [0.4, 0.5) is 0 Å². The lowest BCUT2D eigenvalue weighted by Crippen LogP contribution is -2.22. The molecule has 1 amide bonds. The van der Waals surface area contributed by atoms with Crippen molar-refractivity contribution in [2.24, 2.45) is 0 Å². The van der Waals surface area contributed by atoms with Crippen LogP contribution >= 0.6 is 0 Å². The summed E-state index contributed by atoms with van der Waals surface area (Å²) in [7, 11) is 0. The van der Waals surface area contributed by atoms with Gasteiger partial charge in [0.25, 0.3) is 0 Å². The largest absolute Gasteiger partial charge is 0.467 e. The number of nitrogens with one attached hydrogen (secondary N) is 1. The number of aryl methyl sites for hydroxylation is 1. The number of carbonyl (C=O) groups is 1. The second-order valence-electron chi connectivity index (χ2n) is 4.59. The molecule has 0 fully saturated rings. The van der Waals surface area contributed by atoms with Crippen LogP contribution < -0.4 is 5.32 Å². The maximum atomic E-state index is 11.7. The third-order valence-electron chi connectivity index (χ3n) is 3.00. The van der Waals surface area contributed by atoms with Crippen molar-refractivity contribution in [2.45, 2.75) is 19.4 Å². The van der Waals surface area contributed by atoms with E-state index in [1.807, 2.05) is 0 Å². The van der Waals surface area contributed by atoms with Gasteiger partial charge >= 0.3 is 0 Å². The van der Waals surface area contributed by atoms with E-state index in [1.54, 1.807) is 42.9 Å². The zero-order valence-corrected chi connectivity index (χ0v) is 11.7. The van der Waals surface area contributed by atoms with E-state index in [0.29, 0.717) is 30.5 Å². The Balaban J connectivity index is 1.49. The Morgan fingerprint density at radius 3 is 2.82 bits per heavy atom. The van der Waals surface area contributed by atoms with Gasteiger partial charge in [-0.05, 0) is 24.3 Å². The molecule has 112 valence electrons. The molecular weight excluding hydrogens is 284 g/mol. The van der Waals surface area contributed by atoms with E-state index >= 15 is 0 Å². The highest BCUT2D eigenvalue weighted by Gasteiger charge is 2.10. The minimum absolute atomic E-state index is 0.0972. The molecule has 3 aromatic rings. The molecule has 0 radical (unpaired) electrons. The molecule has 0 saturated carbocycles. The highest BCUT2D eigenvalue weighted by atomic mass is 16.4. The lowest BCUT2D eigenvalue weighted by molar-refractivity contribution is -0.121. The molecule has 0 spiro atoms. The maximum Gasteiger partial charge on any atom is 0.247 e. The molecule has 1 N–H and O–H groups in total. The van der Waals surface area contributed by atoms with Crippen LogP contribution in [0.1, 0.15) is 18.1 Å². The van der Waals surface area contributed by atoms with Gasteiger partial charge in [-0.3, -0.25) is 9.78 Å². The topological polar surface area (TPSA) is 94.0 Å². The number of amides is 1. The van der Waals surface area contributed by atoms with E-state index in [1.165, 1.54) is 0 Å². The van der Waals surface area contributed by atoms with Crippen LogP contribution in [-0.4, -0.2) is 21.1 Å². The van der Waals surface area contributed by atoms with Gasteiger partial charge in [0.15, 0.2) is 0 Å². The summed E-state index contributed by atoms with van der Waals surface area (Å²) in [5.74, 6) is 1.47. The van der Waals surface area contributed by atoms with Crippen molar-refractivity contribution < 1.29 is 13.6 Å². The Hall–Kier alpha value is -2.96. The first kappa shape index (κ1) is 14.0. The fourth-order valence-corrected chi connectivity index (χ4v) is 1.87. The molecular formula is C15H14N4O3. The van der Waals surface area contributed by atoms with Gasteiger partial charge < -0.3 is 14.2 Å². The summed E-state index contributed by atoms with van der Waals surface area (Å²) in [5, 5.41) is 10.7. The number of furan rings is 1. The van der Waals surface area contributed by atoms with Gasteiger partial charge in [0.05, 0.1) is 12.8 Å².